The van der Waals surface area contributed by atoms with Gasteiger partial charge in [-0.2, -0.15) is 0 Å². The highest BCUT2D eigenvalue weighted by atomic mass is 16.3. The van der Waals surface area contributed by atoms with Crippen LogP contribution in [0.2, 0.25) is 0 Å². The van der Waals surface area contributed by atoms with Crippen LogP contribution in [0.15, 0.2) is 60.7 Å². The molecule has 28 heavy (non-hydrogen) atoms. The molecule has 1 aliphatic rings. The molecule has 144 valence electrons. The molecule has 0 aliphatic heterocycles. The Morgan fingerprint density at radius 2 is 1.50 bits per heavy atom. The molecule has 0 bridgehead atoms. The van der Waals surface area contributed by atoms with Crippen molar-refractivity contribution in [1.82, 2.24) is 0 Å². The Morgan fingerprint density at radius 1 is 0.821 bits per heavy atom. The third kappa shape index (κ3) is 2.77. The molecule has 1 atom stereocenters. The van der Waals surface area contributed by atoms with Gasteiger partial charge >= 0.3 is 0 Å². The molecule has 1 aliphatic carbocycles. The number of aliphatic hydroxyl groups is 4. The quantitative estimate of drug-likeness (QED) is 0.551. The van der Waals surface area contributed by atoms with Gasteiger partial charge < -0.3 is 20.4 Å². The lowest BCUT2D eigenvalue weighted by Crippen LogP contribution is -2.18. The highest BCUT2D eigenvalue weighted by Crippen LogP contribution is 2.59. The standard InChI is InChI=1S/C24H24O4/c1-23(2,27)20-11-10-19(15-6-4-3-5-7-15)21-22(20)24(21,28)18-9-8-16(13-25)17(12-18)14-26/h3-12,25-28H,13-14H2,1-2H3. The van der Waals surface area contributed by atoms with Gasteiger partial charge in [-0.25, -0.2) is 0 Å². The van der Waals surface area contributed by atoms with E-state index in [0.29, 0.717) is 27.8 Å². The minimum Gasteiger partial charge on any atom is -0.392 e. The average Bonchev–Trinajstić information content (AvgIpc) is 3.33. The molecule has 0 spiro atoms. The lowest BCUT2D eigenvalue weighted by Gasteiger charge is -2.19. The van der Waals surface area contributed by atoms with Crippen LogP contribution >= 0.6 is 0 Å². The molecule has 4 rings (SSSR count). The summed E-state index contributed by atoms with van der Waals surface area (Å²) in [5, 5.41) is 41.5. The van der Waals surface area contributed by atoms with Crippen molar-refractivity contribution < 1.29 is 20.4 Å². The van der Waals surface area contributed by atoms with Gasteiger partial charge in [-0.3, -0.25) is 0 Å². The van der Waals surface area contributed by atoms with E-state index < -0.39 is 11.2 Å². The first kappa shape index (κ1) is 18.8. The molecule has 4 nitrogen and oxygen atoms in total. The van der Waals surface area contributed by atoms with Gasteiger partial charge in [0.1, 0.15) is 5.60 Å². The summed E-state index contributed by atoms with van der Waals surface area (Å²) in [6.07, 6.45) is 0. The van der Waals surface area contributed by atoms with Crippen LogP contribution in [-0.4, -0.2) is 20.4 Å². The molecular formula is C24H24O4. The number of rotatable bonds is 5. The second-order valence-corrected chi connectivity index (χ2v) is 7.85. The third-order valence-corrected chi connectivity index (χ3v) is 5.58. The van der Waals surface area contributed by atoms with Crippen molar-refractivity contribution in [3.05, 3.63) is 94.0 Å². The van der Waals surface area contributed by atoms with Crippen molar-refractivity contribution in [3.8, 4) is 11.1 Å². The van der Waals surface area contributed by atoms with Crippen LogP contribution in [0.4, 0.5) is 0 Å². The van der Waals surface area contributed by atoms with Gasteiger partial charge in [-0.15, -0.1) is 0 Å². The SMILES string of the molecule is CC(C)(O)c1ccc(-c2ccccc2)c2c1C2(O)c1ccc(CO)c(CO)c1. The fourth-order valence-electron chi connectivity index (χ4n) is 4.07. The summed E-state index contributed by atoms with van der Waals surface area (Å²) in [5.74, 6) is 0. The zero-order chi connectivity index (χ0) is 20.1. The molecule has 0 amide bonds. The molecule has 1 unspecified atom stereocenters. The lowest BCUT2D eigenvalue weighted by atomic mass is 9.93. The number of hydrogen-bond acceptors (Lipinski definition) is 4. The maximum absolute atomic E-state index is 11.7. The van der Waals surface area contributed by atoms with Crippen molar-refractivity contribution in [2.75, 3.05) is 0 Å². The first-order chi connectivity index (χ1) is 13.3. The van der Waals surface area contributed by atoms with E-state index in [1.54, 1.807) is 32.0 Å². The van der Waals surface area contributed by atoms with Crippen LogP contribution in [0.1, 0.15) is 47.2 Å². The van der Waals surface area contributed by atoms with Gasteiger partial charge in [0.05, 0.1) is 18.8 Å². The van der Waals surface area contributed by atoms with Crippen molar-refractivity contribution >= 4 is 0 Å². The second kappa shape index (κ2) is 6.54. The molecule has 0 aromatic heterocycles. The fourth-order valence-corrected chi connectivity index (χ4v) is 4.07. The van der Waals surface area contributed by atoms with Gasteiger partial charge in [-0.05, 0) is 53.3 Å². The van der Waals surface area contributed by atoms with Gasteiger partial charge in [-0.1, -0.05) is 54.6 Å². The number of fused-ring (bicyclic) bond motifs is 1. The van der Waals surface area contributed by atoms with Gasteiger partial charge in [0.15, 0.2) is 0 Å². The Kier molecular flexibility index (Phi) is 4.40. The monoisotopic (exact) mass is 376 g/mol. The Balaban J connectivity index is 1.93. The number of aliphatic hydroxyl groups excluding tert-OH is 2. The summed E-state index contributed by atoms with van der Waals surface area (Å²) >= 11 is 0. The zero-order valence-electron chi connectivity index (χ0n) is 16.0. The Labute approximate surface area is 164 Å². The Morgan fingerprint density at radius 3 is 2.11 bits per heavy atom. The van der Waals surface area contributed by atoms with E-state index in [2.05, 4.69) is 0 Å². The number of benzene rings is 3. The maximum Gasteiger partial charge on any atom is 0.142 e. The molecule has 0 heterocycles. The van der Waals surface area contributed by atoms with Gasteiger partial charge in [0.25, 0.3) is 0 Å². The van der Waals surface area contributed by atoms with Crippen LogP contribution < -0.4 is 0 Å². The molecule has 0 saturated carbocycles. The van der Waals surface area contributed by atoms with E-state index in [1.165, 1.54) is 0 Å². The second-order valence-electron chi connectivity index (χ2n) is 7.85. The average molecular weight is 376 g/mol. The van der Waals surface area contributed by atoms with Crippen molar-refractivity contribution in [1.29, 1.82) is 0 Å². The summed E-state index contributed by atoms with van der Waals surface area (Å²) in [7, 11) is 0. The van der Waals surface area contributed by atoms with E-state index in [0.717, 1.165) is 16.7 Å². The molecule has 3 aromatic rings. The van der Waals surface area contributed by atoms with E-state index in [9.17, 15) is 20.4 Å². The molecule has 3 aromatic carbocycles. The Bertz CT molecular complexity index is 1030. The lowest BCUT2D eigenvalue weighted by molar-refractivity contribution is 0.0754. The van der Waals surface area contributed by atoms with E-state index >= 15 is 0 Å². The van der Waals surface area contributed by atoms with Crippen molar-refractivity contribution in [2.24, 2.45) is 0 Å². The summed E-state index contributed by atoms with van der Waals surface area (Å²) in [5.41, 5.74) is 3.48. The van der Waals surface area contributed by atoms with Crippen LogP contribution in [-0.2, 0) is 24.4 Å². The maximum atomic E-state index is 11.7. The molecule has 0 fully saturated rings. The molecule has 4 heteroatoms. The topological polar surface area (TPSA) is 80.9 Å². The highest BCUT2D eigenvalue weighted by Gasteiger charge is 2.55. The van der Waals surface area contributed by atoms with Gasteiger partial charge in [0.2, 0.25) is 0 Å². The molecule has 0 saturated heterocycles. The smallest absolute Gasteiger partial charge is 0.142 e. The van der Waals surface area contributed by atoms with E-state index in [1.807, 2.05) is 42.5 Å². The zero-order valence-corrected chi connectivity index (χ0v) is 16.0. The first-order valence-corrected chi connectivity index (χ1v) is 9.35. The highest BCUT2D eigenvalue weighted by molar-refractivity contribution is 5.83. The third-order valence-electron chi connectivity index (χ3n) is 5.58. The van der Waals surface area contributed by atoms with Crippen molar-refractivity contribution in [3.63, 3.8) is 0 Å². The Hall–Kier alpha value is -2.50. The first-order valence-electron chi connectivity index (χ1n) is 9.35. The van der Waals surface area contributed by atoms with Crippen LogP contribution in [0.3, 0.4) is 0 Å². The van der Waals surface area contributed by atoms with E-state index in [-0.39, 0.29) is 13.2 Å². The van der Waals surface area contributed by atoms with E-state index in [4.69, 9.17) is 0 Å². The fraction of sp³-hybridized carbons (Fsp3) is 0.250. The molecule has 0 radical (unpaired) electrons. The minimum atomic E-state index is -1.33. The summed E-state index contributed by atoms with van der Waals surface area (Å²) in [6, 6.07) is 18.9. The van der Waals surface area contributed by atoms with Crippen LogP contribution in [0.5, 0.6) is 0 Å². The summed E-state index contributed by atoms with van der Waals surface area (Å²) < 4.78 is 0. The van der Waals surface area contributed by atoms with Crippen LogP contribution in [0.25, 0.3) is 11.1 Å². The number of hydrogen-bond donors (Lipinski definition) is 4. The predicted molar refractivity (Wildman–Crippen MR) is 108 cm³/mol. The van der Waals surface area contributed by atoms with Crippen LogP contribution in [0, 0.1) is 0 Å². The van der Waals surface area contributed by atoms with Gasteiger partial charge in [0, 0.05) is 11.1 Å². The summed E-state index contributed by atoms with van der Waals surface area (Å²) in [4.78, 5) is 0. The normalized spacial score (nSPS) is 18.1. The predicted octanol–water partition coefficient (Wildman–Crippen LogP) is 3.16. The minimum absolute atomic E-state index is 0.175. The molecule has 4 N–H and O–H groups in total. The molecular weight excluding hydrogens is 352 g/mol. The van der Waals surface area contributed by atoms with Crippen molar-refractivity contribution in [2.45, 2.75) is 38.3 Å². The largest absolute Gasteiger partial charge is 0.392 e. The summed E-state index contributed by atoms with van der Waals surface area (Å²) in [6.45, 7) is 3.01.